The average molecular weight is 278 g/mol. The van der Waals surface area contributed by atoms with Crippen LogP contribution in [0.25, 0.3) is 0 Å². The maximum Gasteiger partial charge on any atom is 0.264 e. The fourth-order valence-corrected chi connectivity index (χ4v) is 1.73. The van der Waals surface area contributed by atoms with Gasteiger partial charge in [-0.1, -0.05) is 23.4 Å². The van der Waals surface area contributed by atoms with Gasteiger partial charge in [-0.2, -0.15) is 4.98 Å². The molecular weight excluding hydrogens is 260 g/mol. The second-order valence-corrected chi connectivity index (χ2v) is 4.20. The number of hydrogen-bond acceptors (Lipinski definition) is 6. The van der Waals surface area contributed by atoms with Crippen LogP contribution >= 0.6 is 0 Å². The van der Waals surface area contributed by atoms with Gasteiger partial charge in [-0.25, -0.2) is 0 Å². The molecule has 0 aliphatic rings. The van der Waals surface area contributed by atoms with Crippen molar-refractivity contribution in [3.05, 3.63) is 41.5 Å². The lowest BCUT2D eigenvalue weighted by molar-refractivity contribution is 0.0683. The van der Waals surface area contributed by atoms with Crippen LogP contribution in [0, 0.1) is 0 Å². The van der Waals surface area contributed by atoms with Crippen LogP contribution in [-0.4, -0.2) is 21.9 Å². The largest absolute Gasteiger partial charge is 0.483 e. The maximum atomic E-state index is 9.20. The van der Waals surface area contributed by atoms with Crippen LogP contribution in [0.15, 0.2) is 28.8 Å². The third-order valence-electron chi connectivity index (χ3n) is 2.76. The summed E-state index contributed by atoms with van der Waals surface area (Å²) in [7, 11) is 0. The Kier molecular flexibility index (Phi) is 5.09. The highest BCUT2D eigenvalue weighted by molar-refractivity contribution is 5.32. The van der Waals surface area contributed by atoms with E-state index >= 15 is 0 Å². The standard InChI is InChI=1S/C14H18N2O4/c1-3-18-10(2)14-15-13(20-16-14)9-19-12-7-5-4-6-11(12)8-17/h4-7,10,17H,3,8-9H2,1-2H3. The Morgan fingerprint density at radius 3 is 2.90 bits per heavy atom. The Labute approximate surface area is 117 Å². The van der Waals surface area contributed by atoms with Crippen molar-refractivity contribution in [3.8, 4) is 5.75 Å². The third kappa shape index (κ3) is 3.55. The number of para-hydroxylation sites is 1. The summed E-state index contributed by atoms with van der Waals surface area (Å²) in [4.78, 5) is 4.21. The third-order valence-corrected chi connectivity index (χ3v) is 2.76. The van der Waals surface area contributed by atoms with Gasteiger partial charge in [0.05, 0.1) is 6.61 Å². The molecule has 1 atom stereocenters. The maximum absolute atomic E-state index is 9.20. The Balaban J connectivity index is 1.97. The topological polar surface area (TPSA) is 77.6 Å². The molecule has 2 aromatic rings. The number of aliphatic hydroxyl groups is 1. The van der Waals surface area contributed by atoms with Crippen molar-refractivity contribution in [3.63, 3.8) is 0 Å². The molecule has 0 spiro atoms. The van der Waals surface area contributed by atoms with E-state index in [2.05, 4.69) is 10.1 Å². The van der Waals surface area contributed by atoms with Gasteiger partial charge in [0.2, 0.25) is 0 Å². The molecule has 1 aromatic heterocycles. The minimum absolute atomic E-state index is 0.0768. The molecule has 108 valence electrons. The molecule has 6 nitrogen and oxygen atoms in total. The van der Waals surface area contributed by atoms with Crippen LogP contribution < -0.4 is 4.74 Å². The molecular formula is C14H18N2O4. The molecule has 0 aliphatic carbocycles. The van der Waals surface area contributed by atoms with Crippen molar-refractivity contribution in [2.45, 2.75) is 33.2 Å². The van der Waals surface area contributed by atoms with Crippen LogP contribution in [-0.2, 0) is 18.0 Å². The van der Waals surface area contributed by atoms with Crippen molar-refractivity contribution < 1.29 is 19.1 Å². The first-order chi connectivity index (χ1) is 9.74. The number of ether oxygens (including phenoxy) is 2. The second-order valence-electron chi connectivity index (χ2n) is 4.20. The van der Waals surface area contributed by atoms with Crippen LogP contribution in [0.5, 0.6) is 5.75 Å². The Bertz CT molecular complexity index is 541. The van der Waals surface area contributed by atoms with Crippen molar-refractivity contribution in [2.24, 2.45) is 0 Å². The Morgan fingerprint density at radius 2 is 2.15 bits per heavy atom. The van der Waals surface area contributed by atoms with Gasteiger partial charge in [0.15, 0.2) is 12.4 Å². The SMILES string of the molecule is CCOC(C)c1noc(COc2ccccc2CO)n1. The number of benzene rings is 1. The first kappa shape index (κ1) is 14.5. The fourth-order valence-electron chi connectivity index (χ4n) is 1.73. The van der Waals surface area contributed by atoms with E-state index in [9.17, 15) is 5.11 Å². The smallest absolute Gasteiger partial charge is 0.264 e. The molecule has 0 fully saturated rings. The van der Waals surface area contributed by atoms with Crippen molar-refractivity contribution >= 4 is 0 Å². The highest BCUT2D eigenvalue weighted by atomic mass is 16.5. The predicted molar refractivity (Wildman–Crippen MR) is 71.0 cm³/mol. The van der Waals surface area contributed by atoms with Crippen LogP contribution in [0.1, 0.15) is 37.2 Å². The minimum Gasteiger partial charge on any atom is -0.483 e. The van der Waals surface area contributed by atoms with Crippen molar-refractivity contribution in [1.82, 2.24) is 10.1 Å². The Hall–Kier alpha value is -1.92. The number of rotatable bonds is 7. The van der Waals surface area contributed by atoms with Crippen LogP contribution in [0.2, 0.25) is 0 Å². The van der Waals surface area contributed by atoms with E-state index in [1.165, 1.54) is 0 Å². The molecule has 1 unspecified atom stereocenters. The lowest BCUT2D eigenvalue weighted by Crippen LogP contribution is -2.02. The van der Waals surface area contributed by atoms with Crippen LogP contribution in [0.3, 0.4) is 0 Å². The van der Waals surface area contributed by atoms with Crippen molar-refractivity contribution in [2.75, 3.05) is 6.61 Å². The minimum atomic E-state index is -0.206. The first-order valence-corrected chi connectivity index (χ1v) is 6.50. The molecule has 2 rings (SSSR count). The summed E-state index contributed by atoms with van der Waals surface area (Å²) in [6.45, 7) is 4.44. The fraction of sp³-hybridized carbons (Fsp3) is 0.429. The Morgan fingerprint density at radius 1 is 1.35 bits per heavy atom. The normalized spacial score (nSPS) is 12.3. The molecule has 0 saturated heterocycles. The number of aliphatic hydroxyl groups excluding tert-OH is 1. The predicted octanol–water partition coefficient (Wildman–Crippen LogP) is 2.24. The van der Waals surface area contributed by atoms with Gasteiger partial charge in [-0.15, -0.1) is 0 Å². The molecule has 6 heteroatoms. The molecule has 0 bridgehead atoms. The second kappa shape index (κ2) is 7.02. The molecule has 1 aromatic carbocycles. The summed E-state index contributed by atoms with van der Waals surface area (Å²) in [6.07, 6.45) is -0.206. The van der Waals surface area contributed by atoms with E-state index < -0.39 is 0 Å². The first-order valence-electron chi connectivity index (χ1n) is 6.50. The lowest BCUT2D eigenvalue weighted by Gasteiger charge is -2.07. The van der Waals surface area contributed by atoms with Gasteiger partial charge < -0.3 is 19.1 Å². The summed E-state index contributed by atoms with van der Waals surface area (Å²) in [5.41, 5.74) is 0.718. The van der Waals surface area contributed by atoms with Gasteiger partial charge >= 0.3 is 0 Å². The number of hydrogen-bond donors (Lipinski definition) is 1. The van der Waals surface area contributed by atoms with Gasteiger partial charge in [-0.05, 0) is 19.9 Å². The lowest BCUT2D eigenvalue weighted by atomic mass is 10.2. The average Bonchev–Trinajstić information content (AvgIpc) is 2.94. The van der Waals surface area contributed by atoms with Gasteiger partial charge in [0.1, 0.15) is 11.9 Å². The van der Waals surface area contributed by atoms with E-state index in [1.807, 2.05) is 26.0 Å². The highest BCUT2D eigenvalue weighted by Gasteiger charge is 2.14. The number of aromatic nitrogens is 2. The van der Waals surface area contributed by atoms with E-state index in [1.54, 1.807) is 12.1 Å². The van der Waals surface area contributed by atoms with E-state index in [0.717, 1.165) is 5.56 Å². The van der Waals surface area contributed by atoms with E-state index in [4.69, 9.17) is 14.0 Å². The summed E-state index contributed by atoms with van der Waals surface area (Å²) < 4.78 is 16.1. The van der Waals surface area contributed by atoms with Gasteiger partial charge in [-0.3, -0.25) is 0 Å². The molecule has 0 aliphatic heterocycles. The van der Waals surface area contributed by atoms with Gasteiger partial charge in [0, 0.05) is 12.2 Å². The zero-order chi connectivity index (χ0) is 14.4. The molecule has 1 N–H and O–H groups in total. The molecule has 0 radical (unpaired) electrons. The zero-order valence-corrected chi connectivity index (χ0v) is 11.6. The quantitative estimate of drug-likeness (QED) is 0.837. The van der Waals surface area contributed by atoms with E-state index in [-0.39, 0.29) is 19.3 Å². The van der Waals surface area contributed by atoms with Gasteiger partial charge in [0.25, 0.3) is 5.89 Å². The molecule has 20 heavy (non-hydrogen) atoms. The summed E-state index contributed by atoms with van der Waals surface area (Å²) >= 11 is 0. The van der Waals surface area contributed by atoms with Crippen LogP contribution in [0.4, 0.5) is 0 Å². The zero-order valence-electron chi connectivity index (χ0n) is 11.6. The summed E-state index contributed by atoms with van der Waals surface area (Å²) in [6, 6.07) is 7.26. The number of nitrogens with zero attached hydrogens (tertiary/aromatic N) is 2. The van der Waals surface area contributed by atoms with Crippen molar-refractivity contribution in [1.29, 1.82) is 0 Å². The summed E-state index contributed by atoms with van der Waals surface area (Å²) in [5, 5.41) is 13.1. The monoisotopic (exact) mass is 278 g/mol. The summed E-state index contributed by atoms with van der Waals surface area (Å²) in [5.74, 6) is 1.48. The highest BCUT2D eigenvalue weighted by Crippen LogP contribution is 2.19. The molecule has 0 saturated carbocycles. The molecule has 0 amide bonds. The van der Waals surface area contributed by atoms with E-state index in [0.29, 0.717) is 24.1 Å². The molecule has 1 heterocycles.